The highest BCUT2D eigenvalue weighted by Crippen LogP contribution is 2.34. The molecule has 0 N–H and O–H groups in total. The van der Waals surface area contributed by atoms with E-state index in [-0.39, 0.29) is 5.78 Å². The van der Waals surface area contributed by atoms with Crippen LogP contribution in [0.15, 0.2) is 42.7 Å². The van der Waals surface area contributed by atoms with E-state index in [0.29, 0.717) is 43.1 Å². The fraction of sp³-hybridized carbons (Fsp3) is 0.250. The normalized spacial score (nSPS) is 13.0. The van der Waals surface area contributed by atoms with Crippen molar-refractivity contribution in [3.63, 3.8) is 0 Å². The van der Waals surface area contributed by atoms with Gasteiger partial charge in [-0.05, 0) is 36.2 Å². The minimum atomic E-state index is 0.0733. The zero-order valence-electron chi connectivity index (χ0n) is 11.0. The van der Waals surface area contributed by atoms with Gasteiger partial charge in [0.1, 0.15) is 13.2 Å². The van der Waals surface area contributed by atoms with Gasteiger partial charge in [-0.25, -0.2) is 0 Å². The second-order valence-electron chi connectivity index (χ2n) is 4.61. The molecule has 4 nitrogen and oxygen atoms in total. The minimum absolute atomic E-state index is 0.0733. The van der Waals surface area contributed by atoms with E-state index in [0.717, 1.165) is 5.56 Å². The van der Waals surface area contributed by atoms with E-state index >= 15 is 0 Å². The van der Waals surface area contributed by atoms with Gasteiger partial charge >= 0.3 is 0 Å². The van der Waals surface area contributed by atoms with Crippen molar-refractivity contribution in [1.29, 1.82) is 0 Å². The standard InChI is InChI=1S/C16H15NO3/c18-14(5-4-12-6-8-17-9-7-12)13-2-1-3-15-16(13)20-11-10-19-15/h1-3,6-9H,4-5,10-11H2. The molecule has 0 aliphatic carbocycles. The zero-order chi connectivity index (χ0) is 13.8. The summed E-state index contributed by atoms with van der Waals surface area (Å²) in [5.41, 5.74) is 1.71. The lowest BCUT2D eigenvalue weighted by Gasteiger charge is -2.20. The summed E-state index contributed by atoms with van der Waals surface area (Å²) in [5.74, 6) is 1.31. The van der Waals surface area contributed by atoms with Gasteiger partial charge < -0.3 is 9.47 Å². The van der Waals surface area contributed by atoms with Crippen LogP contribution >= 0.6 is 0 Å². The first kappa shape index (κ1) is 12.7. The maximum absolute atomic E-state index is 12.3. The van der Waals surface area contributed by atoms with E-state index in [1.807, 2.05) is 24.3 Å². The average molecular weight is 269 g/mol. The molecule has 102 valence electrons. The molecule has 0 fully saturated rings. The Morgan fingerprint density at radius 1 is 1.10 bits per heavy atom. The molecule has 1 aliphatic rings. The lowest BCUT2D eigenvalue weighted by molar-refractivity contribution is 0.0971. The third-order valence-corrected chi connectivity index (χ3v) is 3.26. The van der Waals surface area contributed by atoms with Crippen molar-refractivity contribution in [3.05, 3.63) is 53.9 Å². The molecule has 2 aromatic rings. The Bertz CT molecular complexity index is 610. The van der Waals surface area contributed by atoms with E-state index in [1.165, 1.54) is 0 Å². The van der Waals surface area contributed by atoms with Crippen LogP contribution in [0.5, 0.6) is 11.5 Å². The van der Waals surface area contributed by atoms with E-state index in [1.54, 1.807) is 18.5 Å². The van der Waals surface area contributed by atoms with Crippen LogP contribution in [0.25, 0.3) is 0 Å². The molecule has 0 radical (unpaired) electrons. The Balaban J connectivity index is 1.74. The van der Waals surface area contributed by atoms with Crippen molar-refractivity contribution >= 4 is 5.78 Å². The number of hydrogen-bond acceptors (Lipinski definition) is 4. The van der Waals surface area contributed by atoms with Gasteiger partial charge in [0.25, 0.3) is 0 Å². The van der Waals surface area contributed by atoms with Crippen LogP contribution in [0.4, 0.5) is 0 Å². The number of hydrogen-bond donors (Lipinski definition) is 0. The molecule has 1 aromatic heterocycles. The Kier molecular flexibility index (Phi) is 3.63. The monoisotopic (exact) mass is 269 g/mol. The number of ketones is 1. The molecule has 0 spiro atoms. The van der Waals surface area contributed by atoms with Crippen LogP contribution in [-0.2, 0) is 6.42 Å². The van der Waals surface area contributed by atoms with Gasteiger partial charge in [0.2, 0.25) is 0 Å². The largest absolute Gasteiger partial charge is 0.486 e. The molecule has 0 amide bonds. The summed E-state index contributed by atoms with van der Waals surface area (Å²) in [4.78, 5) is 16.3. The van der Waals surface area contributed by atoms with Crippen molar-refractivity contribution in [2.24, 2.45) is 0 Å². The van der Waals surface area contributed by atoms with Crippen molar-refractivity contribution in [1.82, 2.24) is 4.98 Å². The fourth-order valence-electron chi connectivity index (χ4n) is 2.24. The molecular weight excluding hydrogens is 254 g/mol. The first-order chi connectivity index (χ1) is 9.84. The highest BCUT2D eigenvalue weighted by atomic mass is 16.6. The van der Waals surface area contributed by atoms with Gasteiger partial charge in [-0.3, -0.25) is 9.78 Å². The topological polar surface area (TPSA) is 48.4 Å². The van der Waals surface area contributed by atoms with Gasteiger partial charge in [-0.1, -0.05) is 6.07 Å². The molecule has 0 unspecified atom stereocenters. The molecule has 0 saturated heterocycles. The van der Waals surface area contributed by atoms with Gasteiger partial charge in [-0.15, -0.1) is 0 Å². The number of pyridine rings is 1. The summed E-state index contributed by atoms with van der Waals surface area (Å²) in [7, 11) is 0. The van der Waals surface area contributed by atoms with Crippen molar-refractivity contribution < 1.29 is 14.3 Å². The van der Waals surface area contributed by atoms with Crippen LogP contribution in [0, 0.1) is 0 Å². The summed E-state index contributed by atoms with van der Waals surface area (Å²) >= 11 is 0. The first-order valence-electron chi connectivity index (χ1n) is 6.65. The number of carbonyl (C=O) groups excluding carboxylic acids is 1. The van der Waals surface area contributed by atoms with Crippen molar-refractivity contribution in [3.8, 4) is 11.5 Å². The van der Waals surface area contributed by atoms with Crippen LogP contribution in [0.1, 0.15) is 22.3 Å². The first-order valence-corrected chi connectivity index (χ1v) is 6.65. The molecule has 1 aliphatic heterocycles. The lowest BCUT2D eigenvalue weighted by atomic mass is 10.0. The summed E-state index contributed by atoms with van der Waals surface area (Å²) in [6.07, 6.45) is 4.62. The van der Waals surface area contributed by atoms with Crippen molar-refractivity contribution in [2.45, 2.75) is 12.8 Å². The predicted molar refractivity (Wildman–Crippen MR) is 74.3 cm³/mol. The van der Waals surface area contributed by atoms with E-state index in [4.69, 9.17) is 9.47 Å². The smallest absolute Gasteiger partial charge is 0.172 e. The third-order valence-electron chi connectivity index (χ3n) is 3.26. The molecule has 0 atom stereocenters. The number of aromatic nitrogens is 1. The van der Waals surface area contributed by atoms with Gasteiger partial charge in [0.05, 0.1) is 5.56 Å². The number of Topliss-reactive ketones (excluding diaryl/α,β-unsaturated/α-hetero) is 1. The summed E-state index contributed by atoms with van der Waals surface area (Å²) < 4.78 is 11.1. The molecule has 20 heavy (non-hydrogen) atoms. The lowest BCUT2D eigenvalue weighted by Crippen LogP contribution is -2.17. The third kappa shape index (κ3) is 2.64. The Labute approximate surface area is 117 Å². The van der Waals surface area contributed by atoms with Gasteiger partial charge in [0, 0.05) is 18.8 Å². The number of para-hydroxylation sites is 1. The molecule has 2 heterocycles. The fourth-order valence-corrected chi connectivity index (χ4v) is 2.24. The summed E-state index contributed by atoms with van der Waals surface area (Å²) in [6.45, 7) is 1.02. The number of aryl methyl sites for hydroxylation is 1. The maximum Gasteiger partial charge on any atom is 0.172 e. The van der Waals surface area contributed by atoms with Crippen LogP contribution < -0.4 is 9.47 Å². The maximum atomic E-state index is 12.3. The van der Waals surface area contributed by atoms with E-state index in [2.05, 4.69) is 4.98 Å². The molecule has 4 heteroatoms. The molecule has 1 aromatic carbocycles. The quantitative estimate of drug-likeness (QED) is 0.801. The number of benzene rings is 1. The second-order valence-corrected chi connectivity index (χ2v) is 4.61. The minimum Gasteiger partial charge on any atom is -0.486 e. The number of rotatable bonds is 4. The molecular formula is C16H15NO3. The van der Waals surface area contributed by atoms with E-state index in [9.17, 15) is 4.79 Å². The highest BCUT2D eigenvalue weighted by Gasteiger charge is 2.19. The second kappa shape index (κ2) is 5.74. The number of carbonyl (C=O) groups is 1. The number of ether oxygens (including phenoxy) is 2. The van der Waals surface area contributed by atoms with Crippen LogP contribution in [0.2, 0.25) is 0 Å². The van der Waals surface area contributed by atoms with E-state index < -0.39 is 0 Å². The average Bonchev–Trinajstić information content (AvgIpc) is 2.53. The molecule has 0 saturated carbocycles. The van der Waals surface area contributed by atoms with Crippen LogP contribution in [-0.4, -0.2) is 24.0 Å². The molecule has 0 bridgehead atoms. The number of fused-ring (bicyclic) bond motifs is 1. The Hall–Kier alpha value is -2.36. The Morgan fingerprint density at radius 3 is 2.75 bits per heavy atom. The molecule has 3 rings (SSSR count). The van der Waals surface area contributed by atoms with Crippen molar-refractivity contribution in [2.75, 3.05) is 13.2 Å². The summed E-state index contributed by atoms with van der Waals surface area (Å²) in [5, 5.41) is 0. The van der Waals surface area contributed by atoms with Gasteiger partial charge in [0.15, 0.2) is 17.3 Å². The number of nitrogens with zero attached hydrogens (tertiary/aromatic N) is 1. The van der Waals surface area contributed by atoms with Gasteiger partial charge in [-0.2, -0.15) is 0 Å². The predicted octanol–water partition coefficient (Wildman–Crippen LogP) is 2.67. The highest BCUT2D eigenvalue weighted by molar-refractivity contribution is 5.99. The zero-order valence-corrected chi connectivity index (χ0v) is 11.0. The SMILES string of the molecule is O=C(CCc1ccncc1)c1cccc2c1OCCO2. The Morgan fingerprint density at radius 2 is 1.90 bits per heavy atom. The van der Waals surface area contributed by atoms with Crippen LogP contribution in [0.3, 0.4) is 0 Å². The summed E-state index contributed by atoms with van der Waals surface area (Å²) in [6, 6.07) is 9.30.